The Morgan fingerprint density at radius 2 is 2.07 bits per heavy atom. The number of para-hydroxylation sites is 1. The number of aromatic nitrogens is 3. The SMILES string of the molecule is C=CCCCCOC(=O)[C@H]1[C@@H]2SC3(CC2Br)C(C(=O)N(CC=C)Cn2nnc4ccccc42)N([C@@H](CO)[C@@H](C)CC)C(=O)[C@H]13. The third-order valence-electron chi connectivity index (χ3n) is 9.51. The molecule has 0 aliphatic carbocycles. The molecule has 1 aromatic heterocycles. The molecule has 3 saturated heterocycles. The first-order valence-electron chi connectivity index (χ1n) is 15.4. The van der Waals surface area contributed by atoms with Crippen molar-refractivity contribution < 1.29 is 24.2 Å². The second kappa shape index (κ2) is 13.7. The van der Waals surface area contributed by atoms with Gasteiger partial charge in [0.05, 0.1) is 41.4 Å². The maximum atomic E-state index is 14.9. The van der Waals surface area contributed by atoms with Crippen LogP contribution < -0.4 is 0 Å². The minimum atomic E-state index is -0.888. The minimum absolute atomic E-state index is 0.0705. The predicted octanol–water partition coefficient (Wildman–Crippen LogP) is 4.17. The summed E-state index contributed by atoms with van der Waals surface area (Å²) in [4.78, 5) is 46.3. The quantitative estimate of drug-likeness (QED) is 0.128. The zero-order chi connectivity index (χ0) is 31.6. The van der Waals surface area contributed by atoms with E-state index in [2.05, 4.69) is 39.4 Å². The maximum Gasteiger partial charge on any atom is 0.310 e. The van der Waals surface area contributed by atoms with Crippen LogP contribution in [-0.4, -0.2) is 94.4 Å². The summed E-state index contributed by atoms with van der Waals surface area (Å²) in [5, 5.41) is 19.0. The van der Waals surface area contributed by atoms with Crippen LogP contribution >= 0.6 is 27.7 Å². The van der Waals surface area contributed by atoms with Crippen molar-refractivity contribution >= 4 is 56.5 Å². The van der Waals surface area contributed by atoms with Crippen LogP contribution in [-0.2, 0) is 25.8 Å². The van der Waals surface area contributed by atoms with Gasteiger partial charge in [-0.25, -0.2) is 4.68 Å². The van der Waals surface area contributed by atoms with Crippen molar-refractivity contribution in [3.8, 4) is 0 Å². The van der Waals surface area contributed by atoms with Crippen molar-refractivity contribution in [1.82, 2.24) is 24.8 Å². The molecule has 1 spiro atoms. The molecule has 8 atom stereocenters. The first kappa shape index (κ1) is 32.7. The lowest BCUT2D eigenvalue weighted by atomic mass is 9.71. The van der Waals surface area contributed by atoms with Crippen molar-refractivity contribution in [1.29, 1.82) is 0 Å². The lowest BCUT2D eigenvalue weighted by molar-refractivity contribution is -0.155. The van der Waals surface area contributed by atoms with Crippen molar-refractivity contribution in [2.75, 3.05) is 19.8 Å². The van der Waals surface area contributed by atoms with Gasteiger partial charge in [-0.15, -0.1) is 30.0 Å². The number of alkyl halides is 1. The molecule has 238 valence electrons. The van der Waals surface area contributed by atoms with Gasteiger partial charge in [0, 0.05) is 16.6 Å². The molecule has 1 N–H and O–H groups in total. The Labute approximate surface area is 271 Å². The second-order valence-corrected chi connectivity index (χ2v) is 14.8. The van der Waals surface area contributed by atoms with Gasteiger partial charge in [0.2, 0.25) is 11.8 Å². The Bertz CT molecular complexity index is 1400. The van der Waals surface area contributed by atoms with Crippen LogP contribution in [0.15, 0.2) is 49.6 Å². The highest BCUT2D eigenvalue weighted by atomic mass is 79.9. The molecular weight excluding hydrogens is 646 g/mol. The summed E-state index contributed by atoms with van der Waals surface area (Å²) in [7, 11) is 0. The number of ether oxygens (including phenoxy) is 1. The van der Waals surface area contributed by atoms with Crippen LogP contribution in [0.4, 0.5) is 0 Å². The molecule has 1 aromatic carbocycles. The molecule has 0 saturated carbocycles. The number of allylic oxidation sites excluding steroid dienone is 1. The molecule has 3 unspecified atom stereocenters. The molecule has 10 nitrogen and oxygen atoms in total. The third kappa shape index (κ3) is 5.62. The summed E-state index contributed by atoms with van der Waals surface area (Å²) < 4.78 is 6.57. The number of amides is 2. The molecule has 3 aliphatic rings. The Morgan fingerprint density at radius 3 is 2.77 bits per heavy atom. The number of esters is 1. The zero-order valence-corrected chi connectivity index (χ0v) is 27.8. The van der Waals surface area contributed by atoms with Gasteiger partial charge in [0.1, 0.15) is 18.2 Å². The number of aliphatic hydroxyl groups excluding tert-OH is 1. The van der Waals surface area contributed by atoms with Gasteiger partial charge in [-0.3, -0.25) is 14.4 Å². The fraction of sp³-hybridized carbons (Fsp3) is 0.594. The van der Waals surface area contributed by atoms with Crippen molar-refractivity contribution in [2.45, 2.75) is 79.5 Å². The van der Waals surface area contributed by atoms with E-state index in [0.29, 0.717) is 24.8 Å². The van der Waals surface area contributed by atoms with Gasteiger partial charge >= 0.3 is 5.97 Å². The standard InChI is InChI=1S/C32H42BrN5O5S/c1-5-8-9-12-16-43-31(42)25-26-29(40)38(24(18-39)20(4)7-3)28(32(26)17-21(33)27(25)44-32)30(41)36(15-6-2)19-37-23-14-11-10-13-22(23)34-35-37/h5-6,10-11,13-14,20-21,24-28,39H,1-2,7-9,12,15-19H2,3-4H3/t20-,21?,24-,25+,26-,27+,28?,32?/m0/s1. The van der Waals surface area contributed by atoms with Gasteiger partial charge in [-0.2, -0.15) is 0 Å². The number of carbonyl (C=O) groups excluding carboxylic acids is 3. The average molecular weight is 689 g/mol. The number of unbranched alkanes of at least 4 members (excludes halogenated alkanes) is 2. The largest absolute Gasteiger partial charge is 0.465 e. The molecule has 2 aromatic rings. The Kier molecular flexibility index (Phi) is 10.2. The molecule has 5 rings (SSSR count). The fourth-order valence-electron chi connectivity index (χ4n) is 7.18. The van der Waals surface area contributed by atoms with Crippen LogP contribution in [0.1, 0.15) is 46.0 Å². The predicted molar refractivity (Wildman–Crippen MR) is 174 cm³/mol. The highest BCUT2D eigenvalue weighted by Gasteiger charge is 2.76. The smallest absolute Gasteiger partial charge is 0.310 e. The average Bonchev–Trinajstić information content (AvgIpc) is 3.74. The molecule has 2 bridgehead atoms. The van der Waals surface area contributed by atoms with Gasteiger partial charge in [0.15, 0.2) is 0 Å². The first-order valence-corrected chi connectivity index (χ1v) is 17.2. The van der Waals surface area contributed by atoms with E-state index in [1.165, 1.54) is 0 Å². The van der Waals surface area contributed by atoms with E-state index in [-0.39, 0.29) is 60.2 Å². The molecule has 0 radical (unpaired) electrons. The van der Waals surface area contributed by atoms with E-state index in [1.54, 1.807) is 32.3 Å². The van der Waals surface area contributed by atoms with Gasteiger partial charge in [-0.1, -0.05) is 65.7 Å². The lowest BCUT2D eigenvalue weighted by Crippen LogP contribution is -2.59. The van der Waals surface area contributed by atoms with E-state index < -0.39 is 28.7 Å². The summed E-state index contributed by atoms with van der Waals surface area (Å²) in [5.41, 5.74) is 1.50. The van der Waals surface area contributed by atoms with Crippen LogP contribution in [0.5, 0.6) is 0 Å². The van der Waals surface area contributed by atoms with Crippen LogP contribution in [0.2, 0.25) is 0 Å². The van der Waals surface area contributed by atoms with E-state index in [4.69, 9.17) is 4.74 Å². The molecule has 4 heterocycles. The summed E-state index contributed by atoms with van der Waals surface area (Å²) in [5.74, 6) is -2.38. The number of aliphatic hydroxyl groups is 1. The minimum Gasteiger partial charge on any atom is -0.465 e. The summed E-state index contributed by atoms with van der Waals surface area (Å²) in [6, 6.07) is 6.06. The number of thioether (sulfide) groups is 1. The van der Waals surface area contributed by atoms with Crippen LogP contribution in [0, 0.1) is 17.8 Å². The zero-order valence-electron chi connectivity index (χ0n) is 25.4. The number of hydrogen-bond donors (Lipinski definition) is 1. The van der Waals surface area contributed by atoms with Gasteiger partial charge < -0.3 is 19.6 Å². The monoisotopic (exact) mass is 687 g/mol. The Morgan fingerprint density at radius 1 is 1.30 bits per heavy atom. The van der Waals surface area contributed by atoms with E-state index in [0.717, 1.165) is 18.4 Å². The van der Waals surface area contributed by atoms with Crippen LogP contribution in [0.25, 0.3) is 11.0 Å². The number of rotatable bonds is 15. The highest BCUT2D eigenvalue weighted by Crippen LogP contribution is 2.68. The summed E-state index contributed by atoms with van der Waals surface area (Å²) in [6.45, 7) is 12.0. The number of hydrogen-bond acceptors (Lipinski definition) is 8. The lowest BCUT2D eigenvalue weighted by Gasteiger charge is -2.41. The number of halogens is 1. The number of nitrogens with zero attached hydrogens (tertiary/aromatic N) is 5. The summed E-state index contributed by atoms with van der Waals surface area (Å²) >= 11 is 5.38. The molecular formula is C32H42BrN5O5S. The number of carbonyl (C=O) groups is 3. The Balaban J connectivity index is 1.52. The maximum absolute atomic E-state index is 14.9. The second-order valence-electron chi connectivity index (χ2n) is 12.1. The van der Waals surface area contributed by atoms with Gasteiger partial charge in [0.25, 0.3) is 0 Å². The highest BCUT2D eigenvalue weighted by molar-refractivity contribution is 9.09. The normalized spacial score (nSPS) is 28.6. The Hall–Kier alpha value is -2.70. The van der Waals surface area contributed by atoms with Crippen molar-refractivity contribution in [3.63, 3.8) is 0 Å². The van der Waals surface area contributed by atoms with Crippen molar-refractivity contribution in [3.05, 3.63) is 49.6 Å². The number of fused-ring (bicyclic) bond motifs is 2. The summed E-state index contributed by atoms with van der Waals surface area (Å²) in [6.07, 6.45) is 7.17. The van der Waals surface area contributed by atoms with Crippen LogP contribution in [0.3, 0.4) is 0 Å². The van der Waals surface area contributed by atoms with E-state index in [1.807, 2.05) is 44.2 Å². The number of benzene rings is 1. The molecule has 3 fully saturated rings. The molecule has 44 heavy (non-hydrogen) atoms. The van der Waals surface area contributed by atoms with Gasteiger partial charge in [-0.05, 0) is 43.7 Å². The van der Waals surface area contributed by atoms with Crippen molar-refractivity contribution in [2.24, 2.45) is 17.8 Å². The topological polar surface area (TPSA) is 118 Å². The van der Waals surface area contributed by atoms with E-state index >= 15 is 0 Å². The first-order chi connectivity index (χ1) is 21.2. The molecule has 2 amide bonds. The van der Waals surface area contributed by atoms with E-state index in [9.17, 15) is 19.5 Å². The third-order valence-corrected chi connectivity index (χ3v) is 12.7. The number of likely N-dealkylation sites (tertiary alicyclic amines) is 1. The molecule has 12 heteroatoms. The fourth-order valence-corrected chi connectivity index (χ4v) is 10.8. The molecule has 3 aliphatic heterocycles.